The highest BCUT2D eigenvalue weighted by Crippen LogP contribution is 2.21. The molecule has 1 heterocycles. The Morgan fingerprint density at radius 3 is 2.67 bits per heavy atom. The van der Waals surface area contributed by atoms with E-state index < -0.39 is 0 Å². The maximum atomic E-state index is 5.83. The summed E-state index contributed by atoms with van der Waals surface area (Å²) in [5, 5.41) is 5.67. The van der Waals surface area contributed by atoms with Gasteiger partial charge in [0.05, 0.1) is 6.04 Å². The minimum absolute atomic E-state index is 0.264. The summed E-state index contributed by atoms with van der Waals surface area (Å²) in [4.78, 5) is 1.34. The summed E-state index contributed by atoms with van der Waals surface area (Å²) in [6.45, 7) is 5.86. The molecule has 0 spiro atoms. The van der Waals surface area contributed by atoms with Crippen LogP contribution >= 0.6 is 11.3 Å². The van der Waals surface area contributed by atoms with Crippen molar-refractivity contribution in [3.8, 4) is 5.75 Å². The van der Waals surface area contributed by atoms with Crippen molar-refractivity contribution >= 4 is 11.3 Å². The van der Waals surface area contributed by atoms with E-state index in [1.807, 2.05) is 30.3 Å². The first-order valence-electron chi connectivity index (χ1n) is 6.26. The van der Waals surface area contributed by atoms with Gasteiger partial charge in [0.2, 0.25) is 0 Å². The Hall–Kier alpha value is -1.32. The van der Waals surface area contributed by atoms with Crippen LogP contribution in [0.1, 0.15) is 23.4 Å². The Balaban J connectivity index is 1.98. The molecule has 0 bridgehead atoms. The Bertz CT molecular complexity index is 466. The van der Waals surface area contributed by atoms with E-state index in [9.17, 15) is 0 Å². The average molecular weight is 261 g/mol. The lowest BCUT2D eigenvalue weighted by Crippen LogP contribution is -2.26. The number of benzene rings is 1. The fraction of sp³-hybridized carbons (Fsp3) is 0.333. The Kier molecular flexibility index (Phi) is 4.79. The van der Waals surface area contributed by atoms with Gasteiger partial charge in [-0.25, -0.2) is 0 Å². The van der Waals surface area contributed by atoms with Crippen molar-refractivity contribution in [2.24, 2.45) is 0 Å². The molecule has 2 rings (SSSR count). The van der Waals surface area contributed by atoms with Crippen LogP contribution in [-0.4, -0.2) is 13.2 Å². The van der Waals surface area contributed by atoms with Gasteiger partial charge in [0.1, 0.15) is 12.4 Å². The molecule has 2 nitrogen and oxygen atoms in total. The zero-order valence-electron chi connectivity index (χ0n) is 10.8. The van der Waals surface area contributed by atoms with E-state index in [1.54, 1.807) is 11.3 Å². The molecule has 0 radical (unpaired) electrons. The van der Waals surface area contributed by atoms with Gasteiger partial charge in [-0.05, 0) is 42.6 Å². The van der Waals surface area contributed by atoms with Crippen LogP contribution in [0.3, 0.4) is 0 Å². The number of hydrogen-bond acceptors (Lipinski definition) is 3. The number of hydrogen-bond donors (Lipinski definition) is 1. The Labute approximate surface area is 113 Å². The molecule has 0 saturated heterocycles. The van der Waals surface area contributed by atoms with Crippen LogP contribution in [0.15, 0.2) is 41.8 Å². The summed E-state index contributed by atoms with van der Waals surface area (Å²) in [6.07, 6.45) is 0. The van der Waals surface area contributed by atoms with Crippen LogP contribution in [0.25, 0.3) is 0 Å². The van der Waals surface area contributed by atoms with Crippen LogP contribution in [0.4, 0.5) is 0 Å². The summed E-state index contributed by atoms with van der Waals surface area (Å²) >= 11 is 1.78. The lowest BCUT2D eigenvalue weighted by atomic mass is 10.1. The van der Waals surface area contributed by atoms with E-state index in [2.05, 4.69) is 30.6 Å². The highest BCUT2D eigenvalue weighted by molar-refractivity contribution is 7.10. The molecule has 0 aliphatic rings. The third-order valence-corrected chi connectivity index (χ3v) is 3.64. The molecule has 2 aromatic rings. The fourth-order valence-electron chi connectivity index (χ4n) is 1.86. The molecule has 0 fully saturated rings. The monoisotopic (exact) mass is 261 g/mol. The standard InChI is InChI=1S/C15H19NOS/c1-3-16-15(13-9-12(2)18-11-13)10-17-14-7-5-4-6-8-14/h4-9,11,15-16H,3,10H2,1-2H3. The number of para-hydroxylation sites is 1. The first kappa shape index (κ1) is 13.1. The number of aryl methyl sites for hydroxylation is 1. The van der Waals surface area contributed by atoms with E-state index in [4.69, 9.17) is 4.74 Å². The van der Waals surface area contributed by atoms with Crippen molar-refractivity contribution in [1.82, 2.24) is 5.32 Å². The van der Waals surface area contributed by atoms with Gasteiger partial charge in [0.25, 0.3) is 0 Å². The second-order valence-electron chi connectivity index (χ2n) is 4.23. The smallest absolute Gasteiger partial charge is 0.119 e. The third-order valence-electron chi connectivity index (χ3n) is 2.76. The molecule has 1 unspecified atom stereocenters. The summed E-state index contributed by atoms with van der Waals surface area (Å²) in [5.41, 5.74) is 1.32. The van der Waals surface area contributed by atoms with Crippen molar-refractivity contribution in [3.63, 3.8) is 0 Å². The second kappa shape index (κ2) is 6.57. The molecule has 18 heavy (non-hydrogen) atoms. The van der Waals surface area contributed by atoms with Crippen LogP contribution in [-0.2, 0) is 0 Å². The summed E-state index contributed by atoms with van der Waals surface area (Å²) in [7, 11) is 0. The summed E-state index contributed by atoms with van der Waals surface area (Å²) in [6, 6.07) is 12.5. The predicted molar refractivity (Wildman–Crippen MR) is 77.4 cm³/mol. The van der Waals surface area contributed by atoms with Gasteiger partial charge >= 0.3 is 0 Å². The first-order chi connectivity index (χ1) is 8.79. The van der Waals surface area contributed by atoms with Crippen molar-refractivity contribution < 1.29 is 4.74 Å². The largest absolute Gasteiger partial charge is 0.492 e. The molecule has 0 aliphatic carbocycles. The molecule has 1 aromatic heterocycles. The lowest BCUT2D eigenvalue weighted by molar-refractivity contribution is 0.268. The van der Waals surface area contributed by atoms with E-state index in [0.717, 1.165) is 12.3 Å². The number of rotatable bonds is 6. The zero-order valence-corrected chi connectivity index (χ0v) is 11.7. The first-order valence-corrected chi connectivity index (χ1v) is 7.14. The van der Waals surface area contributed by atoms with Gasteiger partial charge in [0, 0.05) is 4.88 Å². The third kappa shape index (κ3) is 3.59. The molecule has 0 saturated carbocycles. The minimum Gasteiger partial charge on any atom is -0.492 e. The molecule has 96 valence electrons. The molecular weight excluding hydrogens is 242 g/mol. The normalized spacial score (nSPS) is 12.3. The molecular formula is C15H19NOS. The van der Waals surface area contributed by atoms with E-state index >= 15 is 0 Å². The molecule has 0 amide bonds. The van der Waals surface area contributed by atoms with E-state index in [1.165, 1.54) is 10.4 Å². The maximum Gasteiger partial charge on any atom is 0.119 e. The van der Waals surface area contributed by atoms with Crippen LogP contribution in [0.5, 0.6) is 5.75 Å². The molecule has 3 heteroatoms. The van der Waals surface area contributed by atoms with Gasteiger partial charge in [-0.3, -0.25) is 0 Å². The van der Waals surface area contributed by atoms with Crippen molar-refractivity contribution in [1.29, 1.82) is 0 Å². The van der Waals surface area contributed by atoms with Crippen molar-refractivity contribution in [2.45, 2.75) is 19.9 Å². The van der Waals surface area contributed by atoms with E-state index in [0.29, 0.717) is 6.61 Å². The highest BCUT2D eigenvalue weighted by Gasteiger charge is 2.12. The molecule has 1 aromatic carbocycles. The number of likely N-dealkylation sites (N-methyl/N-ethyl adjacent to an activating group) is 1. The number of thiophene rings is 1. The van der Waals surface area contributed by atoms with Gasteiger partial charge in [-0.1, -0.05) is 25.1 Å². The molecule has 1 atom stereocenters. The van der Waals surface area contributed by atoms with Gasteiger partial charge in [-0.15, -0.1) is 11.3 Å². The average Bonchev–Trinajstić information content (AvgIpc) is 2.82. The quantitative estimate of drug-likeness (QED) is 0.854. The lowest BCUT2D eigenvalue weighted by Gasteiger charge is -2.17. The zero-order chi connectivity index (χ0) is 12.8. The summed E-state index contributed by atoms with van der Waals surface area (Å²) < 4.78 is 5.83. The Morgan fingerprint density at radius 2 is 2.06 bits per heavy atom. The highest BCUT2D eigenvalue weighted by atomic mass is 32.1. The van der Waals surface area contributed by atoms with Gasteiger partial charge < -0.3 is 10.1 Å². The fourth-order valence-corrected chi connectivity index (χ4v) is 2.62. The Morgan fingerprint density at radius 1 is 1.28 bits per heavy atom. The van der Waals surface area contributed by atoms with Crippen LogP contribution < -0.4 is 10.1 Å². The van der Waals surface area contributed by atoms with Crippen LogP contribution in [0, 0.1) is 6.92 Å². The predicted octanol–water partition coefficient (Wildman–Crippen LogP) is 3.79. The maximum absolute atomic E-state index is 5.83. The van der Waals surface area contributed by atoms with Crippen molar-refractivity contribution in [3.05, 3.63) is 52.2 Å². The minimum atomic E-state index is 0.264. The van der Waals surface area contributed by atoms with Crippen molar-refractivity contribution in [2.75, 3.05) is 13.2 Å². The second-order valence-corrected chi connectivity index (χ2v) is 5.34. The number of ether oxygens (including phenoxy) is 1. The van der Waals surface area contributed by atoms with Gasteiger partial charge in [-0.2, -0.15) is 0 Å². The summed E-state index contributed by atoms with van der Waals surface area (Å²) in [5.74, 6) is 0.923. The molecule has 0 aliphatic heterocycles. The number of nitrogens with one attached hydrogen (secondary N) is 1. The SMILES string of the molecule is CCNC(COc1ccccc1)c1csc(C)c1. The molecule has 1 N–H and O–H groups in total. The van der Waals surface area contributed by atoms with Crippen LogP contribution in [0.2, 0.25) is 0 Å². The topological polar surface area (TPSA) is 21.3 Å². The van der Waals surface area contributed by atoms with E-state index in [-0.39, 0.29) is 6.04 Å². The van der Waals surface area contributed by atoms with Gasteiger partial charge in [0.15, 0.2) is 0 Å².